The van der Waals surface area contributed by atoms with Crippen LogP contribution in [0.2, 0.25) is 0 Å². The van der Waals surface area contributed by atoms with E-state index in [0.29, 0.717) is 19.8 Å². The molecular formula is C42H66BN3O6. The van der Waals surface area contributed by atoms with E-state index < -0.39 is 7.32 Å². The normalized spacial score (nSPS) is 12.9. The van der Waals surface area contributed by atoms with Gasteiger partial charge in [-0.15, -0.1) is 0 Å². The van der Waals surface area contributed by atoms with Crippen LogP contribution in [0.1, 0.15) is 95.2 Å². The fraction of sp³-hybridized carbons (Fsp3) is 0.571. The highest BCUT2D eigenvalue weighted by Crippen LogP contribution is 2.26. The predicted molar refractivity (Wildman–Crippen MR) is 218 cm³/mol. The van der Waals surface area contributed by atoms with Crippen molar-refractivity contribution in [2.75, 3.05) is 57.1 Å². The molecule has 3 N–H and O–H groups in total. The second-order valence-electron chi connectivity index (χ2n) is 13.8. The first-order chi connectivity index (χ1) is 25.2. The van der Waals surface area contributed by atoms with Gasteiger partial charge in [0.2, 0.25) is 0 Å². The second kappa shape index (κ2) is 23.9. The quantitative estimate of drug-likeness (QED) is 0.0666. The Morgan fingerprint density at radius 3 is 1.02 bits per heavy atom. The molecule has 0 radical (unpaired) electrons. The van der Waals surface area contributed by atoms with Crippen LogP contribution in [-0.4, -0.2) is 66.6 Å². The molecule has 0 amide bonds. The van der Waals surface area contributed by atoms with Gasteiger partial charge in [0.05, 0.1) is 41.2 Å². The van der Waals surface area contributed by atoms with Gasteiger partial charge in [-0.05, 0) is 74.9 Å². The van der Waals surface area contributed by atoms with Crippen LogP contribution in [-0.2, 0) is 14.0 Å². The first-order valence-electron chi connectivity index (χ1n) is 19.3. The van der Waals surface area contributed by atoms with Gasteiger partial charge in [0, 0.05) is 53.4 Å². The summed E-state index contributed by atoms with van der Waals surface area (Å²) in [6.45, 7) is 14.0. The zero-order chi connectivity index (χ0) is 37.7. The summed E-state index contributed by atoms with van der Waals surface area (Å²) in [5, 5.41) is 11.1. The minimum absolute atomic E-state index is 0.0603. The maximum Gasteiger partial charge on any atom is 0.639 e. The fourth-order valence-corrected chi connectivity index (χ4v) is 6.11. The molecule has 10 heteroatoms. The SMILES string of the molecule is CCCCC(COB(OCC(CCCC)Nc1ccc(C)c(OC)c1)OCC(CCCC)Nc1ccc(C)c(OC)c1)Nc1ccc(C)c(OC)c1. The Kier molecular flexibility index (Phi) is 19.6. The first kappa shape index (κ1) is 42.8. The Hall–Kier alpha value is -3.60. The van der Waals surface area contributed by atoms with Crippen molar-refractivity contribution in [2.24, 2.45) is 0 Å². The predicted octanol–water partition coefficient (Wildman–Crippen LogP) is 9.98. The van der Waals surface area contributed by atoms with Gasteiger partial charge in [0.15, 0.2) is 0 Å². The minimum atomic E-state index is -0.851. The first-order valence-corrected chi connectivity index (χ1v) is 19.3. The number of rotatable bonds is 27. The number of benzene rings is 3. The number of hydrogen-bond acceptors (Lipinski definition) is 9. The Morgan fingerprint density at radius 1 is 0.481 bits per heavy atom. The highest BCUT2D eigenvalue weighted by Gasteiger charge is 2.27. The van der Waals surface area contributed by atoms with E-state index in [1.165, 1.54) is 0 Å². The molecule has 0 aromatic heterocycles. The third-order valence-electron chi connectivity index (χ3n) is 9.36. The highest BCUT2D eigenvalue weighted by atomic mass is 16.7. The summed E-state index contributed by atoms with van der Waals surface area (Å²) in [5.41, 5.74) is 6.30. The number of hydrogen-bond donors (Lipinski definition) is 3. The average Bonchev–Trinajstić information content (AvgIpc) is 3.15. The van der Waals surface area contributed by atoms with Crippen LogP contribution >= 0.6 is 0 Å². The molecule has 3 aromatic carbocycles. The van der Waals surface area contributed by atoms with Gasteiger partial charge in [0.1, 0.15) is 17.2 Å². The van der Waals surface area contributed by atoms with Crippen LogP contribution in [0.5, 0.6) is 17.2 Å². The maximum absolute atomic E-state index is 6.53. The lowest BCUT2D eigenvalue weighted by atomic mass is 10.1. The van der Waals surface area contributed by atoms with Gasteiger partial charge < -0.3 is 44.1 Å². The van der Waals surface area contributed by atoms with Crippen molar-refractivity contribution in [2.45, 2.75) is 117 Å². The van der Waals surface area contributed by atoms with Crippen molar-refractivity contribution in [3.05, 3.63) is 71.3 Å². The van der Waals surface area contributed by atoms with Gasteiger partial charge in [-0.2, -0.15) is 0 Å². The van der Waals surface area contributed by atoms with Gasteiger partial charge >= 0.3 is 7.32 Å². The van der Waals surface area contributed by atoms with Crippen molar-refractivity contribution in [3.63, 3.8) is 0 Å². The maximum atomic E-state index is 6.53. The molecule has 0 aliphatic carbocycles. The summed E-state index contributed by atoms with van der Waals surface area (Å²) >= 11 is 0. The zero-order valence-electron chi connectivity index (χ0n) is 33.4. The van der Waals surface area contributed by atoms with Crippen LogP contribution in [0.25, 0.3) is 0 Å². The Bertz CT molecular complexity index is 1270. The second-order valence-corrected chi connectivity index (χ2v) is 13.8. The molecule has 0 aliphatic rings. The number of ether oxygens (including phenoxy) is 3. The molecule has 3 unspecified atom stereocenters. The monoisotopic (exact) mass is 720 g/mol. The Balaban J connectivity index is 1.80. The Morgan fingerprint density at radius 2 is 0.769 bits per heavy atom. The van der Waals surface area contributed by atoms with E-state index >= 15 is 0 Å². The van der Waals surface area contributed by atoms with E-state index in [0.717, 1.165) is 109 Å². The van der Waals surface area contributed by atoms with Crippen molar-refractivity contribution in [1.29, 1.82) is 0 Å². The number of methoxy groups -OCH3 is 3. The van der Waals surface area contributed by atoms with Crippen LogP contribution in [0, 0.1) is 20.8 Å². The molecular weight excluding hydrogens is 653 g/mol. The molecule has 3 atom stereocenters. The van der Waals surface area contributed by atoms with E-state index in [4.69, 9.17) is 28.2 Å². The summed E-state index contributed by atoms with van der Waals surface area (Å²) in [6, 6.07) is 18.8. The molecule has 0 fully saturated rings. The molecule has 3 rings (SSSR count). The van der Waals surface area contributed by atoms with Gasteiger partial charge in [0.25, 0.3) is 0 Å². The zero-order valence-corrected chi connectivity index (χ0v) is 33.4. The van der Waals surface area contributed by atoms with Crippen molar-refractivity contribution >= 4 is 24.4 Å². The lowest BCUT2D eigenvalue weighted by molar-refractivity contribution is 0.0812. The molecule has 0 saturated heterocycles. The molecule has 0 saturated carbocycles. The van der Waals surface area contributed by atoms with Gasteiger partial charge in [-0.25, -0.2) is 0 Å². The van der Waals surface area contributed by atoms with Gasteiger partial charge in [-0.1, -0.05) is 77.5 Å². The third kappa shape index (κ3) is 14.8. The number of aryl methyl sites for hydroxylation is 3. The summed E-state index contributed by atoms with van der Waals surface area (Å²) in [7, 11) is 4.27. The summed E-state index contributed by atoms with van der Waals surface area (Å²) < 4.78 is 36.4. The van der Waals surface area contributed by atoms with Crippen LogP contribution in [0.15, 0.2) is 54.6 Å². The van der Waals surface area contributed by atoms with Crippen LogP contribution in [0.3, 0.4) is 0 Å². The molecule has 0 spiro atoms. The number of nitrogens with one attached hydrogen (secondary N) is 3. The standard InChI is InChI=1S/C42H66BN3O6/c1-10-13-16-37(44-34-22-19-31(4)40(25-34)47-7)28-50-43(51-29-38(17-14-11-2)45-35-23-20-32(5)41(26-35)48-8)52-30-39(18-15-12-3)46-36-24-21-33(6)42(27-36)49-9/h19-27,37-39,44-46H,10-18,28-30H2,1-9H3. The molecule has 9 nitrogen and oxygen atoms in total. The Labute approximate surface area is 315 Å². The number of anilines is 3. The third-order valence-corrected chi connectivity index (χ3v) is 9.36. The largest absolute Gasteiger partial charge is 0.639 e. The highest BCUT2D eigenvalue weighted by molar-refractivity contribution is 6.36. The van der Waals surface area contributed by atoms with Crippen molar-refractivity contribution in [3.8, 4) is 17.2 Å². The van der Waals surface area contributed by atoms with E-state index in [1.807, 2.05) is 18.2 Å². The summed E-state index contributed by atoms with van der Waals surface area (Å²) in [6.07, 6.45) is 9.34. The molecule has 52 heavy (non-hydrogen) atoms. The van der Waals surface area contributed by atoms with E-state index in [2.05, 4.69) is 93.9 Å². The summed E-state index contributed by atoms with van der Waals surface area (Å²) in [5.74, 6) is 2.58. The van der Waals surface area contributed by atoms with Crippen molar-refractivity contribution in [1.82, 2.24) is 0 Å². The molecule has 3 aromatic rings. The van der Waals surface area contributed by atoms with E-state index in [-0.39, 0.29) is 18.1 Å². The molecule has 0 heterocycles. The lowest BCUT2D eigenvalue weighted by Gasteiger charge is -2.26. The molecule has 0 bridgehead atoms. The smallest absolute Gasteiger partial charge is 0.496 e. The number of unbranched alkanes of at least 4 members (excludes halogenated alkanes) is 3. The summed E-state index contributed by atoms with van der Waals surface area (Å²) in [4.78, 5) is 0. The lowest BCUT2D eigenvalue weighted by Crippen LogP contribution is -2.39. The van der Waals surface area contributed by atoms with Crippen molar-refractivity contribution < 1.29 is 28.2 Å². The van der Waals surface area contributed by atoms with Crippen LogP contribution in [0.4, 0.5) is 17.1 Å². The van der Waals surface area contributed by atoms with E-state index in [9.17, 15) is 0 Å². The molecule has 0 aliphatic heterocycles. The molecule has 288 valence electrons. The van der Waals surface area contributed by atoms with E-state index in [1.54, 1.807) is 21.3 Å². The van der Waals surface area contributed by atoms with Gasteiger partial charge in [-0.3, -0.25) is 0 Å². The fourth-order valence-electron chi connectivity index (χ4n) is 6.11. The average molecular weight is 720 g/mol. The van der Waals surface area contributed by atoms with Crippen LogP contribution < -0.4 is 30.2 Å². The minimum Gasteiger partial charge on any atom is -0.496 e. The topological polar surface area (TPSA) is 91.5 Å².